The maximum absolute atomic E-state index is 5.85. The molecule has 0 spiro atoms. The molecule has 2 rings (SSSR count). The minimum Gasteiger partial charge on any atom is -0.383 e. The van der Waals surface area contributed by atoms with Crippen molar-refractivity contribution in [2.45, 2.75) is 27.3 Å². The first kappa shape index (κ1) is 11.3. The van der Waals surface area contributed by atoms with Gasteiger partial charge < -0.3 is 10.6 Å². The lowest BCUT2D eigenvalue weighted by atomic mass is 10.2. The molecule has 84 valence electrons. The quantitative estimate of drug-likeness (QED) is 0.850. The number of aromatic nitrogens is 2. The molecule has 5 heteroatoms. The molecule has 1 aromatic rings. The van der Waals surface area contributed by atoms with Crippen molar-refractivity contribution < 1.29 is 0 Å². The van der Waals surface area contributed by atoms with Crippen LogP contribution in [0.1, 0.15) is 25.2 Å². The van der Waals surface area contributed by atoms with E-state index in [1.165, 1.54) is 10.6 Å². The van der Waals surface area contributed by atoms with Gasteiger partial charge in [0.25, 0.3) is 0 Å². The van der Waals surface area contributed by atoms with Crippen molar-refractivity contribution in [2.24, 2.45) is 0 Å². The molecule has 2 radical (unpaired) electrons. The van der Waals surface area contributed by atoms with Gasteiger partial charge in [0.15, 0.2) is 5.88 Å². The van der Waals surface area contributed by atoms with Crippen LogP contribution in [0.4, 0.5) is 5.82 Å². The third-order valence-corrected chi connectivity index (χ3v) is 3.48. The Balaban J connectivity index is 2.16. The third-order valence-electron chi connectivity index (χ3n) is 2.57. The molecule has 0 atom stereocenters. The zero-order valence-corrected chi connectivity index (χ0v) is 10.4. The smallest absolute Gasteiger partial charge is 0.164 e. The number of nitrogen functional groups attached to an aromatic ring is 1. The van der Waals surface area contributed by atoms with E-state index in [-0.39, 0.29) is 0 Å². The van der Waals surface area contributed by atoms with Gasteiger partial charge >= 0.3 is 0 Å². The van der Waals surface area contributed by atoms with E-state index < -0.39 is 0 Å². The molecule has 0 aromatic carbocycles. The van der Waals surface area contributed by atoms with Crippen LogP contribution < -0.4 is 5.73 Å². The average molecular weight is 234 g/mol. The predicted octanol–water partition coefficient (Wildman–Crippen LogP) is 2.16. The van der Waals surface area contributed by atoms with Crippen LogP contribution in [0.2, 0.25) is 0 Å². The Hall–Kier alpha value is -1.23. The summed E-state index contributed by atoms with van der Waals surface area (Å²) in [4.78, 5) is 11.6. The predicted molar refractivity (Wildman–Crippen MR) is 65.9 cm³/mol. The Labute approximate surface area is 100.0 Å². The van der Waals surface area contributed by atoms with Gasteiger partial charge in [-0.05, 0) is 20.8 Å². The molecule has 0 bridgehead atoms. The van der Waals surface area contributed by atoms with Gasteiger partial charge in [0.1, 0.15) is 11.6 Å². The average Bonchev–Trinajstić information content (AvgIpc) is 2.54. The largest absolute Gasteiger partial charge is 0.383 e. The molecule has 0 saturated heterocycles. The lowest BCUT2D eigenvalue weighted by Gasteiger charge is -2.18. The summed E-state index contributed by atoms with van der Waals surface area (Å²) in [5.41, 5.74) is 8.00. The highest BCUT2D eigenvalue weighted by Gasteiger charge is 2.19. The minimum absolute atomic E-state index is 0.552. The van der Waals surface area contributed by atoms with Crippen molar-refractivity contribution >= 4 is 17.6 Å². The molecule has 0 saturated carbocycles. The minimum atomic E-state index is 0.552. The summed E-state index contributed by atoms with van der Waals surface area (Å²) in [6, 6.07) is 0. The molecule has 0 aliphatic carbocycles. The SMILES string of the molecule is CC1=C(C)N(Cc2cnc(C)nc2N)[C]S1. The first-order valence-electron chi connectivity index (χ1n) is 5.03. The maximum atomic E-state index is 5.85. The first-order valence-corrected chi connectivity index (χ1v) is 5.85. The number of thioether (sulfide) groups is 1. The van der Waals surface area contributed by atoms with Crippen molar-refractivity contribution in [1.82, 2.24) is 14.9 Å². The number of nitrogens with zero attached hydrogens (tertiary/aromatic N) is 3. The number of hydrogen-bond donors (Lipinski definition) is 1. The number of hydrogen-bond acceptors (Lipinski definition) is 5. The molecule has 0 fully saturated rings. The van der Waals surface area contributed by atoms with E-state index in [1.54, 1.807) is 18.0 Å². The Morgan fingerprint density at radius 2 is 2.19 bits per heavy atom. The van der Waals surface area contributed by atoms with Crippen LogP contribution in [0.3, 0.4) is 0 Å². The van der Waals surface area contributed by atoms with Gasteiger partial charge in [-0.15, -0.1) is 0 Å². The first-order chi connectivity index (χ1) is 7.58. The highest BCUT2D eigenvalue weighted by molar-refractivity contribution is 8.05. The molecular weight excluding hydrogens is 220 g/mol. The normalized spacial score (nSPS) is 16.1. The molecular formula is C11H14N4S. The van der Waals surface area contributed by atoms with Gasteiger partial charge in [-0.1, -0.05) is 11.8 Å². The van der Waals surface area contributed by atoms with Crippen molar-refractivity contribution in [3.05, 3.63) is 34.1 Å². The zero-order chi connectivity index (χ0) is 11.7. The van der Waals surface area contributed by atoms with Crippen molar-refractivity contribution in [1.29, 1.82) is 0 Å². The second kappa shape index (κ2) is 4.33. The molecule has 4 nitrogen and oxygen atoms in total. The van der Waals surface area contributed by atoms with Crippen LogP contribution in [0.5, 0.6) is 0 Å². The fourth-order valence-corrected chi connectivity index (χ4v) is 2.12. The summed E-state index contributed by atoms with van der Waals surface area (Å²) in [7, 11) is 0. The summed E-state index contributed by atoms with van der Waals surface area (Å²) in [5.74, 6) is 4.47. The highest BCUT2D eigenvalue weighted by atomic mass is 32.2. The summed E-state index contributed by atoms with van der Waals surface area (Å²) in [6.07, 6.45) is 1.78. The molecule has 1 aliphatic rings. The Morgan fingerprint density at radius 3 is 2.75 bits per heavy atom. The molecule has 16 heavy (non-hydrogen) atoms. The maximum Gasteiger partial charge on any atom is 0.164 e. The van der Waals surface area contributed by atoms with Crippen LogP contribution >= 0.6 is 11.8 Å². The number of aryl methyl sites for hydroxylation is 1. The molecule has 0 amide bonds. The number of rotatable bonds is 2. The van der Waals surface area contributed by atoms with E-state index in [0.717, 1.165) is 5.56 Å². The molecule has 2 heterocycles. The molecule has 0 unspecified atom stereocenters. The number of allylic oxidation sites excluding steroid dienone is 2. The second-order valence-electron chi connectivity index (χ2n) is 3.75. The highest BCUT2D eigenvalue weighted by Crippen LogP contribution is 2.35. The summed E-state index contributed by atoms with van der Waals surface area (Å²) in [6.45, 7) is 6.68. The topological polar surface area (TPSA) is 55.0 Å². The van der Waals surface area contributed by atoms with E-state index in [0.29, 0.717) is 18.2 Å². The van der Waals surface area contributed by atoms with E-state index in [9.17, 15) is 0 Å². The van der Waals surface area contributed by atoms with Gasteiger partial charge in [0, 0.05) is 28.9 Å². The summed E-state index contributed by atoms with van der Waals surface area (Å²) in [5, 5.41) is 0. The number of anilines is 1. The van der Waals surface area contributed by atoms with Gasteiger partial charge in [-0.3, -0.25) is 0 Å². The van der Waals surface area contributed by atoms with Gasteiger partial charge in [-0.25, -0.2) is 9.97 Å². The van der Waals surface area contributed by atoms with Gasteiger partial charge in [0.05, 0.1) is 0 Å². The second-order valence-corrected chi connectivity index (χ2v) is 4.75. The molecule has 1 aromatic heterocycles. The summed E-state index contributed by atoms with van der Waals surface area (Å²) < 4.78 is 0. The van der Waals surface area contributed by atoms with Crippen molar-refractivity contribution in [3.8, 4) is 0 Å². The molecule has 2 N–H and O–H groups in total. The van der Waals surface area contributed by atoms with E-state index in [1.807, 2.05) is 11.8 Å². The Morgan fingerprint density at radius 1 is 1.44 bits per heavy atom. The fraction of sp³-hybridized carbons (Fsp3) is 0.364. The van der Waals surface area contributed by atoms with Crippen molar-refractivity contribution in [2.75, 3.05) is 5.73 Å². The molecule has 1 aliphatic heterocycles. The van der Waals surface area contributed by atoms with Crippen LogP contribution in [0.25, 0.3) is 0 Å². The van der Waals surface area contributed by atoms with E-state index in [4.69, 9.17) is 5.73 Å². The Kier molecular flexibility index (Phi) is 3.05. The van der Waals surface area contributed by atoms with Gasteiger partial charge in [-0.2, -0.15) is 0 Å². The van der Waals surface area contributed by atoms with Crippen LogP contribution in [0.15, 0.2) is 16.8 Å². The lowest BCUT2D eigenvalue weighted by molar-refractivity contribution is 0.447. The third kappa shape index (κ3) is 2.14. The standard InChI is InChI=1S/C11H14N4S/c1-7-8(2)16-6-15(7)5-10-4-13-9(3)14-11(10)12/h4H,5H2,1-3H3,(H2,12,13,14). The lowest BCUT2D eigenvalue weighted by Crippen LogP contribution is -2.15. The monoisotopic (exact) mass is 234 g/mol. The van der Waals surface area contributed by atoms with Crippen LogP contribution in [-0.4, -0.2) is 14.9 Å². The van der Waals surface area contributed by atoms with Crippen LogP contribution in [0, 0.1) is 12.8 Å². The van der Waals surface area contributed by atoms with E-state index in [2.05, 4.69) is 29.7 Å². The van der Waals surface area contributed by atoms with E-state index >= 15 is 0 Å². The fourth-order valence-electron chi connectivity index (χ4n) is 1.41. The Bertz CT molecular complexity index is 442. The zero-order valence-electron chi connectivity index (χ0n) is 9.61. The van der Waals surface area contributed by atoms with Gasteiger partial charge in [0.2, 0.25) is 0 Å². The van der Waals surface area contributed by atoms with Crippen LogP contribution in [-0.2, 0) is 6.54 Å². The summed E-state index contributed by atoms with van der Waals surface area (Å²) >= 11 is 1.62. The number of nitrogens with two attached hydrogens (primary N) is 1. The van der Waals surface area contributed by atoms with Crippen molar-refractivity contribution in [3.63, 3.8) is 0 Å².